The molecule has 0 aliphatic carbocycles. The van der Waals surface area contributed by atoms with Crippen LogP contribution in [0.1, 0.15) is 0 Å². The van der Waals surface area contributed by atoms with E-state index in [-0.39, 0.29) is 0 Å². The molecule has 0 saturated heterocycles. The Bertz CT molecular complexity index is 22.4. The van der Waals surface area contributed by atoms with E-state index in [4.69, 9.17) is 0 Å². The third-order valence-corrected chi connectivity index (χ3v) is 0. The second-order valence-electron chi connectivity index (χ2n) is 1.10. The van der Waals surface area contributed by atoms with Crippen LogP contribution in [0, 0.1) is 0 Å². The average Bonchev–Trinajstić information content (AvgIpc) is 0.722. The Balaban J connectivity index is 3.02. The van der Waals surface area contributed by atoms with Crippen LogP contribution in [0.25, 0.3) is 0 Å². The van der Waals surface area contributed by atoms with Crippen molar-refractivity contribution in [2.75, 3.05) is 0 Å². The van der Waals surface area contributed by atoms with Gasteiger partial charge in [0.2, 0.25) is 0 Å². The van der Waals surface area contributed by atoms with Gasteiger partial charge in [0.15, 0.2) is 0 Å². The van der Waals surface area contributed by atoms with E-state index in [1.54, 1.807) is 0 Å². The maximum atomic E-state index is 10.6. The van der Waals surface area contributed by atoms with Crippen LogP contribution >= 0.6 is 0 Å². The van der Waals surface area contributed by atoms with Crippen molar-refractivity contribution >= 4 is 0 Å². The molecule has 0 aromatic rings. The number of halogens is 3. The van der Waals surface area contributed by atoms with Gasteiger partial charge in [-0.2, -0.15) is 0 Å². The molecule has 0 radical (unpaired) electrons. The van der Waals surface area contributed by atoms with E-state index < -0.39 is 23.1 Å². The first-order chi connectivity index (χ1) is 2.00. The van der Waals surface area contributed by atoms with Gasteiger partial charge in [-0.15, -0.1) is 0 Å². The fourth-order valence-electron chi connectivity index (χ4n) is 0. The normalized spacial score (nSPS) is 8.80. The summed E-state index contributed by atoms with van der Waals surface area (Å²) in [5.74, 6) is 0. The van der Waals surface area contributed by atoms with Gasteiger partial charge in [0.05, 0.1) is 0 Å². The molecule has 5 heavy (non-hydrogen) atoms. The first-order valence-electron chi connectivity index (χ1n) is 1.51. The summed E-state index contributed by atoms with van der Waals surface area (Å²) >= 11 is -5.84. The molecule has 0 amide bonds. The van der Waals surface area contributed by atoms with Crippen LogP contribution in [-0.4, -0.2) is 0 Å². The Morgan fingerprint density at radius 3 is 1.20 bits per heavy atom. The molecular formula is CH3CdF3. The molecule has 0 fully saturated rings. The van der Waals surface area contributed by atoms with Crippen molar-refractivity contribution in [2.24, 2.45) is 0 Å². The van der Waals surface area contributed by atoms with Gasteiger partial charge in [0.25, 0.3) is 0 Å². The molecule has 0 aromatic carbocycles. The van der Waals surface area contributed by atoms with Gasteiger partial charge in [-0.25, -0.2) is 0 Å². The van der Waals surface area contributed by atoms with E-state index in [2.05, 4.69) is 0 Å². The zero-order valence-corrected chi connectivity index (χ0v) is 6.88. The summed E-state index contributed by atoms with van der Waals surface area (Å²) in [5, 5.41) is 0. The molecule has 0 unspecified atom stereocenters. The molecule has 0 saturated carbocycles. The monoisotopic (exact) mass is 186 g/mol. The summed E-state index contributed by atoms with van der Waals surface area (Å²) in [6.45, 7) is 0. The molecule has 0 N–H and O–H groups in total. The summed E-state index contributed by atoms with van der Waals surface area (Å²) in [6.07, 6.45) is 0. The van der Waals surface area contributed by atoms with Crippen LogP contribution in [0.15, 0.2) is 0 Å². The Hall–Kier alpha value is 0.712. The maximum absolute atomic E-state index is 10.6. The molecule has 30 valence electrons. The van der Waals surface area contributed by atoms with Crippen LogP contribution < -0.4 is 0 Å². The van der Waals surface area contributed by atoms with Crippen LogP contribution in [0.3, 0.4) is 0 Å². The van der Waals surface area contributed by atoms with Crippen molar-refractivity contribution in [2.45, 2.75) is 4.48 Å². The van der Waals surface area contributed by atoms with E-state index >= 15 is 0 Å². The van der Waals surface area contributed by atoms with Crippen molar-refractivity contribution in [1.82, 2.24) is 0 Å². The Kier molecular flexibility index (Phi) is 1.65. The van der Waals surface area contributed by atoms with Gasteiger partial charge in [0, 0.05) is 0 Å². The standard InChI is InChI=1S/CH3.Cd.3FH/h1H3;;3*1H/q;+3;;;/p-3. The fraction of sp³-hybridized carbons (Fsp3) is 1.00. The molecule has 0 heterocycles. The first-order valence-corrected chi connectivity index (χ1v) is 10.1. The number of rotatable bonds is 0. The molecule has 0 aromatic heterocycles. The number of hydrogen-bond acceptors (Lipinski definition) is 0. The number of hydrogen-bond donors (Lipinski definition) is 0. The van der Waals surface area contributed by atoms with E-state index in [1.807, 2.05) is 0 Å². The van der Waals surface area contributed by atoms with Gasteiger partial charge >= 0.3 is 35.1 Å². The van der Waals surface area contributed by atoms with Gasteiger partial charge in [-0.3, -0.25) is 0 Å². The Labute approximate surface area is 35.4 Å². The molecular weight excluding hydrogens is 181 g/mol. The summed E-state index contributed by atoms with van der Waals surface area (Å²) in [5.41, 5.74) is 0. The minimum atomic E-state index is -5.84. The van der Waals surface area contributed by atoms with Crippen molar-refractivity contribution in [3.05, 3.63) is 0 Å². The molecule has 0 bridgehead atoms. The summed E-state index contributed by atoms with van der Waals surface area (Å²) in [4.78, 5) is 0. The van der Waals surface area contributed by atoms with Gasteiger partial charge < -0.3 is 0 Å². The third-order valence-electron chi connectivity index (χ3n) is 0. The van der Waals surface area contributed by atoms with E-state index in [1.165, 1.54) is 0 Å². The quantitative estimate of drug-likeness (QED) is 0.504. The van der Waals surface area contributed by atoms with E-state index in [0.717, 1.165) is 0 Å². The van der Waals surface area contributed by atoms with Crippen LogP contribution in [0.2, 0.25) is 4.48 Å². The fourth-order valence-corrected chi connectivity index (χ4v) is 0. The van der Waals surface area contributed by atoms with Gasteiger partial charge in [-0.1, -0.05) is 0 Å². The van der Waals surface area contributed by atoms with Crippen LogP contribution in [0.5, 0.6) is 0 Å². The predicted octanol–water partition coefficient (Wildman–Crippen LogP) is 1.84. The van der Waals surface area contributed by atoms with E-state index in [0.29, 0.717) is 4.48 Å². The Morgan fingerprint density at radius 1 is 1.20 bits per heavy atom. The van der Waals surface area contributed by atoms with Crippen molar-refractivity contribution in [3.63, 3.8) is 0 Å². The molecule has 0 nitrogen and oxygen atoms in total. The van der Waals surface area contributed by atoms with Crippen LogP contribution in [-0.2, 0) is 23.1 Å². The predicted molar refractivity (Wildman–Crippen MR) is 9.19 cm³/mol. The van der Waals surface area contributed by atoms with Gasteiger partial charge in [-0.05, 0) is 0 Å². The molecule has 0 spiro atoms. The van der Waals surface area contributed by atoms with Crippen molar-refractivity contribution in [1.29, 1.82) is 0 Å². The van der Waals surface area contributed by atoms with E-state index in [9.17, 15) is 7.53 Å². The molecule has 0 aliphatic rings. The Morgan fingerprint density at radius 2 is 1.20 bits per heavy atom. The van der Waals surface area contributed by atoms with Crippen molar-refractivity contribution < 1.29 is 30.6 Å². The van der Waals surface area contributed by atoms with Gasteiger partial charge in [0.1, 0.15) is 0 Å². The SMILES string of the molecule is [CH3][Cd]([F])([F])[F]. The van der Waals surface area contributed by atoms with Crippen LogP contribution in [0.4, 0.5) is 7.53 Å². The second-order valence-corrected chi connectivity index (χ2v) is 7.41. The average molecular weight is 184 g/mol. The summed E-state index contributed by atoms with van der Waals surface area (Å²) < 4.78 is 32.2. The third kappa shape index (κ3) is 68.4. The molecule has 0 rings (SSSR count). The molecule has 4 heteroatoms. The zero-order chi connectivity index (χ0) is 4.50. The topological polar surface area (TPSA) is 0 Å². The summed E-state index contributed by atoms with van der Waals surface area (Å²) in [7, 11) is 0. The zero-order valence-electron chi connectivity index (χ0n) is 2.84. The molecule has 0 aliphatic heterocycles. The summed E-state index contributed by atoms with van der Waals surface area (Å²) in [6, 6.07) is 0. The second kappa shape index (κ2) is 1.44. The first kappa shape index (κ1) is 5.71. The minimum absolute atomic E-state index is 0.418. The van der Waals surface area contributed by atoms with Crippen molar-refractivity contribution in [3.8, 4) is 0 Å². The molecule has 0 atom stereocenters.